The molecule has 0 fully saturated rings. The summed E-state index contributed by atoms with van der Waals surface area (Å²) >= 11 is 0. The minimum absolute atomic E-state index is 0.0827. The Morgan fingerprint density at radius 3 is 2.83 bits per heavy atom. The van der Waals surface area contributed by atoms with Crippen LogP contribution in [0.5, 0.6) is 5.75 Å². The van der Waals surface area contributed by atoms with Gasteiger partial charge in [-0.1, -0.05) is 0 Å². The van der Waals surface area contributed by atoms with Crippen molar-refractivity contribution in [2.45, 2.75) is 45.8 Å². The van der Waals surface area contributed by atoms with E-state index in [2.05, 4.69) is 9.55 Å². The van der Waals surface area contributed by atoms with Crippen molar-refractivity contribution < 1.29 is 29.0 Å². The van der Waals surface area contributed by atoms with Gasteiger partial charge in [-0.25, -0.2) is 4.98 Å². The van der Waals surface area contributed by atoms with E-state index >= 15 is 0 Å². The van der Waals surface area contributed by atoms with Gasteiger partial charge in [-0.2, -0.15) is 0 Å². The molecule has 4 rings (SSSR count). The Hall–Kier alpha value is -2.85. The van der Waals surface area contributed by atoms with Crippen LogP contribution in [0, 0.1) is 0 Å². The van der Waals surface area contributed by atoms with Crippen LogP contribution in [0.25, 0.3) is 0 Å². The third kappa shape index (κ3) is 3.73. The van der Waals surface area contributed by atoms with Crippen LogP contribution in [-0.4, -0.2) is 45.3 Å². The molecule has 10 heteroatoms. The van der Waals surface area contributed by atoms with Crippen LogP contribution in [0.4, 0.5) is 5.82 Å². The van der Waals surface area contributed by atoms with Gasteiger partial charge in [0.05, 0.1) is 5.56 Å². The molecule has 0 radical (unpaired) electrons. The van der Waals surface area contributed by atoms with Gasteiger partial charge in [0.2, 0.25) is 0 Å². The molecular formula is C19H22BN3O6. The molecule has 9 nitrogen and oxygen atoms in total. The highest BCUT2D eigenvalue weighted by atomic mass is 16.6. The molecule has 0 spiro atoms. The van der Waals surface area contributed by atoms with Gasteiger partial charge in [-0.05, 0) is 43.4 Å². The molecular weight excluding hydrogens is 377 g/mol. The number of rotatable bonds is 5. The van der Waals surface area contributed by atoms with E-state index in [1.807, 2.05) is 6.07 Å². The zero-order valence-electron chi connectivity index (χ0n) is 16.1. The van der Waals surface area contributed by atoms with Crippen molar-refractivity contribution in [3.8, 4) is 5.75 Å². The standard InChI is InChI=1S/C19H22BN3O6/c1-12(24)28-11-14-17(29-20(26)27)6-7-21-18(14)23-9-8-22-15-5-3-2-4-13(15)10-16(22)19(23)25/h6-7,10,26-27H,2-5,8-9,11H2,1H3. The molecule has 2 N–H and O–H groups in total. The molecule has 1 aliphatic carbocycles. The summed E-state index contributed by atoms with van der Waals surface area (Å²) in [6, 6.07) is 3.39. The number of hydrogen-bond donors (Lipinski definition) is 2. The molecule has 0 unspecified atom stereocenters. The lowest BCUT2D eigenvalue weighted by molar-refractivity contribution is -0.142. The number of pyridine rings is 1. The quantitative estimate of drug-likeness (QED) is 0.566. The summed E-state index contributed by atoms with van der Waals surface area (Å²) in [6.07, 6.45) is 5.64. The highest BCUT2D eigenvalue weighted by Crippen LogP contribution is 2.33. The highest BCUT2D eigenvalue weighted by Gasteiger charge is 2.33. The topological polar surface area (TPSA) is 114 Å². The Labute approximate surface area is 168 Å². The summed E-state index contributed by atoms with van der Waals surface area (Å²) in [6.45, 7) is 2.10. The number of aryl methyl sites for hydroxylation is 1. The lowest BCUT2D eigenvalue weighted by Gasteiger charge is -2.30. The van der Waals surface area contributed by atoms with Crippen LogP contribution in [0.2, 0.25) is 0 Å². The number of nitrogens with zero attached hydrogens (tertiary/aromatic N) is 3. The minimum Gasteiger partial charge on any atom is -0.511 e. The summed E-state index contributed by atoms with van der Waals surface area (Å²) in [7, 11) is -2.05. The largest absolute Gasteiger partial charge is 0.707 e. The lowest BCUT2D eigenvalue weighted by Crippen LogP contribution is -2.41. The highest BCUT2D eigenvalue weighted by molar-refractivity contribution is 6.33. The van der Waals surface area contributed by atoms with Crippen molar-refractivity contribution >= 4 is 25.0 Å². The van der Waals surface area contributed by atoms with E-state index in [4.69, 9.17) is 9.39 Å². The summed E-state index contributed by atoms with van der Waals surface area (Å²) in [5.74, 6) is -0.343. The van der Waals surface area contributed by atoms with Crippen LogP contribution in [0.1, 0.15) is 47.1 Å². The maximum absolute atomic E-state index is 13.3. The molecule has 29 heavy (non-hydrogen) atoms. The van der Waals surface area contributed by atoms with Crippen molar-refractivity contribution in [3.05, 3.63) is 40.8 Å². The summed E-state index contributed by atoms with van der Waals surface area (Å²) in [5, 5.41) is 18.4. The first-order valence-corrected chi connectivity index (χ1v) is 9.63. The van der Waals surface area contributed by atoms with Gasteiger partial charge in [-0.3, -0.25) is 14.5 Å². The Morgan fingerprint density at radius 2 is 2.07 bits per heavy atom. The molecule has 0 atom stereocenters. The normalized spacial score (nSPS) is 15.6. The van der Waals surface area contributed by atoms with E-state index < -0.39 is 13.3 Å². The lowest BCUT2D eigenvalue weighted by atomic mass is 9.98. The summed E-state index contributed by atoms with van der Waals surface area (Å²) in [4.78, 5) is 30.4. The van der Waals surface area contributed by atoms with Crippen molar-refractivity contribution in [2.75, 3.05) is 11.4 Å². The number of anilines is 1. The zero-order chi connectivity index (χ0) is 20.5. The molecule has 2 aromatic heterocycles. The van der Waals surface area contributed by atoms with Gasteiger partial charge < -0.3 is 24.0 Å². The van der Waals surface area contributed by atoms with E-state index in [1.54, 1.807) is 0 Å². The predicted molar refractivity (Wildman–Crippen MR) is 103 cm³/mol. The fourth-order valence-electron chi connectivity index (χ4n) is 4.07. The van der Waals surface area contributed by atoms with Crippen LogP contribution in [0.3, 0.4) is 0 Å². The molecule has 2 aliphatic rings. The number of aromatic nitrogens is 2. The number of carbonyl (C=O) groups excluding carboxylic acids is 2. The van der Waals surface area contributed by atoms with Crippen LogP contribution >= 0.6 is 0 Å². The average molecular weight is 399 g/mol. The first-order chi connectivity index (χ1) is 14.0. The summed E-state index contributed by atoms with van der Waals surface area (Å²) in [5.41, 5.74) is 3.40. The SMILES string of the molecule is CC(=O)OCc1c(OB(O)O)ccnc1N1CCn2c(cc3c2CCCC3)C1=O. The third-order valence-corrected chi connectivity index (χ3v) is 5.32. The molecule has 152 valence electrons. The second-order valence-corrected chi connectivity index (χ2v) is 7.15. The van der Waals surface area contributed by atoms with E-state index in [-0.39, 0.29) is 24.1 Å². The molecule has 0 bridgehead atoms. The Morgan fingerprint density at radius 1 is 1.28 bits per heavy atom. The molecule has 3 heterocycles. The van der Waals surface area contributed by atoms with Crippen molar-refractivity contribution in [3.63, 3.8) is 0 Å². The zero-order valence-corrected chi connectivity index (χ0v) is 16.1. The van der Waals surface area contributed by atoms with Crippen molar-refractivity contribution in [1.82, 2.24) is 9.55 Å². The maximum Gasteiger partial charge on any atom is 0.707 e. The predicted octanol–water partition coefficient (Wildman–Crippen LogP) is 0.834. The first kappa shape index (κ1) is 19.5. The van der Waals surface area contributed by atoms with Gasteiger partial charge in [0.15, 0.2) is 0 Å². The first-order valence-electron chi connectivity index (χ1n) is 9.63. The van der Waals surface area contributed by atoms with E-state index in [1.165, 1.54) is 35.3 Å². The number of carbonyl (C=O) groups is 2. The number of ether oxygens (including phenoxy) is 1. The number of hydrogen-bond acceptors (Lipinski definition) is 7. The van der Waals surface area contributed by atoms with Gasteiger partial charge in [-0.15, -0.1) is 0 Å². The van der Waals surface area contributed by atoms with E-state index in [0.717, 1.165) is 25.7 Å². The smallest absolute Gasteiger partial charge is 0.511 e. The van der Waals surface area contributed by atoms with Gasteiger partial charge in [0.25, 0.3) is 5.91 Å². The molecule has 0 saturated carbocycles. The van der Waals surface area contributed by atoms with Crippen LogP contribution in [-0.2, 0) is 35.5 Å². The second-order valence-electron chi connectivity index (χ2n) is 7.15. The third-order valence-electron chi connectivity index (χ3n) is 5.32. The molecule has 0 aromatic carbocycles. The maximum atomic E-state index is 13.3. The van der Waals surface area contributed by atoms with E-state index in [0.29, 0.717) is 24.3 Å². The minimum atomic E-state index is -2.05. The fourth-order valence-corrected chi connectivity index (χ4v) is 4.07. The van der Waals surface area contributed by atoms with Gasteiger partial charge in [0.1, 0.15) is 23.9 Å². The number of fused-ring (bicyclic) bond motifs is 3. The fraction of sp³-hybridized carbons (Fsp3) is 0.421. The molecule has 1 amide bonds. The average Bonchev–Trinajstić information content (AvgIpc) is 3.06. The molecule has 2 aromatic rings. The van der Waals surface area contributed by atoms with Crippen LogP contribution in [0.15, 0.2) is 18.3 Å². The van der Waals surface area contributed by atoms with Crippen LogP contribution < -0.4 is 9.55 Å². The van der Waals surface area contributed by atoms with Crippen molar-refractivity contribution in [1.29, 1.82) is 0 Å². The summed E-state index contributed by atoms with van der Waals surface area (Å²) < 4.78 is 12.2. The van der Waals surface area contributed by atoms with E-state index in [9.17, 15) is 19.6 Å². The van der Waals surface area contributed by atoms with Crippen molar-refractivity contribution in [2.24, 2.45) is 0 Å². The monoisotopic (exact) mass is 399 g/mol. The Balaban J connectivity index is 1.71. The van der Waals surface area contributed by atoms with Gasteiger partial charge in [0, 0.05) is 31.9 Å². The Bertz CT molecular complexity index is 958. The second kappa shape index (κ2) is 7.88. The molecule has 0 saturated heterocycles. The van der Waals surface area contributed by atoms with Gasteiger partial charge >= 0.3 is 13.3 Å². The Kier molecular flexibility index (Phi) is 5.29. The number of amides is 1. The number of esters is 1. The molecule has 1 aliphatic heterocycles.